The van der Waals surface area contributed by atoms with Crippen molar-refractivity contribution in [2.75, 3.05) is 0 Å². The number of hydrogen-bond acceptors (Lipinski definition) is 0. The fourth-order valence-corrected chi connectivity index (χ4v) is 2.46. The van der Waals surface area contributed by atoms with Crippen molar-refractivity contribution in [1.29, 1.82) is 0 Å². The first-order valence-corrected chi connectivity index (χ1v) is 4.75. The molecule has 0 saturated carbocycles. The molecule has 0 spiro atoms. The number of halogens is 4. The van der Waals surface area contributed by atoms with Crippen molar-refractivity contribution in [3.8, 4) is 0 Å². The summed E-state index contributed by atoms with van der Waals surface area (Å²) in [7, 11) is 0. The third-order valence-corrected chi connectivity index (χ3v) is 2.99. The van der Waals surface area contributed by atoms with E-state index in [-0.39, 0.29) is 49.6 Å². The van der Waals surface area contributed by atoms with Gasteiger partial charge in [0.15, 0.2) is 0 Å². The molecule has 0 bridgehead atoms. The van der Waals surface area contributed by atoms with Gasteiger partial charge in [-0.3, -0.25) is 0 Å². The molecule has 0 aromatic carbocycles. The average molecular weight is 437 g/mol. The Labute approximate surface area is 117 Å². The first kappa shape index (κ1) is 23.9. The van der Waals surface area contributed by atoms with Gasteiger partial charge in [-0.05, 0) is 0 Å². The van der Waals surface area contributed by atoms with E-state index in [1.165, 1.54) is 6.42 Å². The molecule has 1 aliphatic carbocycles. The smallest absolute Gasteiger partial charge is 0.147 e. The molecule has 0 N–H and O–H groups in total. The molecule has 0 fully saturated rings. The Hall–Kier alpha value is 1.33. The molecule has 0 unspecified atom stereocenters. The largest absolute Gasteiger partial charge is 0.147 e. The van der Waals surface area contributed by atoms with Gasteiger partial charge in [-0.1, -0.05) is 0 Å². The number of rotatable bonds is 1. The molecule has 0 nitrogen and oxygen atoms in total. The van der Waals surface area contributed by atoms with Crippen LogP contribution in [0.4, 0.5) is 0 Å². The van der Waals surface area contributed by atoms with Gasteiger partial charge in [0.2, 0.25) is 0 Å². The van der Waals surface area contributed by atoms with Crippen LogP contribution in [0, 0.1) is 5.92 Å². The normalized spacial score (nSPS) is 12.5. The van der Waals surface area contributed by atoms with Gasteiger partial charge in [0.05, 0.1) is 0 Å². The Kier molecular flexibility index (Phi) is 20.9. The summed E-state index contributed by atoms with van der Waals surface area (Å²) in [6.45, 7) is 4.52. The molecule has 0 radical (unpaired) electrons. The monoisotopic (exact) mass is 435 g/mol. The van der Waals surface area contributed by atoms with Gasteiger partial charge in [-0.15, -0.1) is 49.6 Å². The first-order valence-electron chi connectivity index (χ1n) is 3.28. The third kappa shape index (κ3) is 7.28. The molecule has 1 aliphatic rings. The third-order valence-electron chi connectivity index (χ3n) is 1.54. The van der Waals surface area contributed by atoms with Gasteiger partial charge < -0.3 is 0 Å². The topological polar surface area (TPSA) is 0 Å². The van der Waals surface area contributed by atoms with Gasteiger partial charge in [0.1, 0.15) is 0 Å². The minimum absolute atomic E-state index is 0. The fourth-order valence-electron chi connectivity index (χ4n) is 1.02. The SMILES string of the molecule is CC(C)C1=[C]([W])CC=C1.Cl.Cl.Cl.Cl. The van der Waals surface area contributed by atoms with E-state index in [1.54, 1.807) is 29.3 Å². The molecule has 0 aromatic rings. The van der Waals surface area contributed by atoms with Crippen molar-refractivity contribution >= 4 is 49.6 Å². The zero-order chi connectivity index (χ0) is 6.85. The standard InChI is InChI=1S/C8H11.4ClH.W/c1-7(2)8-5-3-4-6-8;;;;;/h3,5,7H,4H2,1-2H3;4*1H;. The average Bonchev–Trinajstić information content (AvgIpc) is 2.13. The summed E-state index contributed by atoms with van der Waals surface area (Å²) < 4.78 is 1.63. The Morgan fingerprint density at radius 3 is 1.77 bits per heavy atom. The molecule has 0 aromatic heterocycles. The molecule has 0 heterocycles. The van der Waals surface area contributed by atoms with E-state index < -0.39 is 0 Å². The van der Waals surface area contributed by atoms with Crippen LogP contribution in [0.2, 0.25) is 0 Å². The summed E-state index contributed by atoms with van der Waals surface area (Å²) in [4.78, 5) is 0. The van der Waals surface area contributed by atoms with Gasteiger partial charge in [0.25, 0.3) is 0 Å². The van der Waals surface area contributed by atoms with Crippen LogP contribution < -0.4 is 0 Å². The van der Waals surface area contributed by atoms with E-state index in [4.69, 9.17) is 0 Å². The predicted octanol–water partition coefficient (Wildman–Crippen LogP) is 4.09. The van der Waals surface area contributed by atoms with Gasteiger partial charge in [-0.2, -0.15) is 0 Å². The summed E-state index contributed by atoms with van der Waals surface area (Å²) in [5.74, 6) is 0.733. The van der Waals surface area contributed by atoms with E-state index in [0.717, 1.165) is 5.92 Å². The second-order valence-corrected chi connectivity index (χ2v) is 4.41. The van der Waals surface area contributed by atoms with Crippen molar-refractivity contribution in [3.05, 3.63) is 21.7 Å². The van der Waals surface area contributed by atoms with Gasteiger partial charge in [-0.25, -0.2) is 0 Å². The second-order valence-electron chi connectivity index (χ2n) is 2.64. The molecule has 0 saturated heterocycles. The van der Waals surface area contributed by atoms with Crippen LogP contribution in [0.25, 0.3) is 0 Å². The maximum Gasteiger partial charge on any atom is -0.147 e. The quantitative estimate of drug-likeness (QED) is 0.581. The zero-order valence-corrected chi connectivity index (χ0v) is 13.7. The second kappa shape index (κ2) is 11.4. The Morgan fingerprint density at radius 2 is 1.62 bits per heavy atom. The van der Waals surface area contributed by atoms with Crippen molar-refractivity contribution in [2.24, 2.45) is 5.92 Å². The minimum Gasteiger partial charge on any atom is -0.147 e. The first-order chi connectivity index (χ1) is 4.22. The summed E-state index contributed by atoms with van der Waals surface area (Å²) in [5.41, 5.74) is 1.57. The minimum atomic E-state index is 0. The Balaban J connectivity index is -0.000000101. The molecule has 0 atom stereocenters. The molecule has 13 heavy (non-hydrogen) atoms. The van der Waals surface area contributed by atoms with Crippen LogP contribution in [-0.2, 0) is 19.8 Å². The van der Waals surface area contributed by atoms with Crippen molar-refractivity contribution in [2.45, 2.75) is 20.3 Å². The van der Waals surface area contributed by atoms with Crippen LogP contribution in [0.3, 0.4) is 0 Å². The van der Waals surface area contributed by atoms with E-state index in [0.29, 0.717) is 0 Å². The van der Waals surface area contributed by atoms with Crippen LogP contribution in [0.1, 0.15) is 20.3 Å². The van der Waals surface area contributed by atoms with Crippen LogP contribution in [0.5, 0.6) is 0 Å². The predicted molar refractivity (Wildman–Crippen MR) is 64.6 cm³/mol. The number of hydrogen-bond donors (Lipinski definition) is 0. The Morgan fingerprint density at radius 1 is 1.15 bits per heavy atom. The number of allylic oxidation sites excluding steroid dienone is 4. The van der Waals surface area contributed by atoms with Crippen LogP contribution in [0.15, 0.2) is 21.7 Å². The van der Waals surface area contributed by atoms with E-state index in [1.807, 2.05) is 0 Å². The van der Waals surface area contributed by atoms with Crippen molar-refractivity contribution in [3.63, 3.8) is 0 Å². The Bertz CT molecular complexity index is 175. The van der Waals surface area contributed by atoms with Crippen LogP contribution in [-0.4, -0.2) is 0 Å². The molecule has 81 valence electrons. The van der Waals surface area contributed by atoms with E-state index in [2.05, 4.69) is 26.0 Å². The zero-order valence-electron chi connectivity index (χ0n) is 7.48. The van der Waals surface area contributed by atoms with E-state index >= 15 is 0 Å². The summed E-state index contributed by atoms with van der Waals surface area (Å²) in [6.07, 6.45) is 5.74. The molecule has 0 aliphatic heterocycles. The summed E-state index contributed by atoms with van der Waals surface area (Å²) in [5, 5.41) is 0. The molecular weight excluding hydrogens is 422 g/mol. The van der Waals surface area contributed by atoms with Crippen LogP contribution >= 0.6 is 49.6 Å². The van der Waals surface area contributed by atoms with Crippen molar-refractivity contribution < 1.29 is 19.8 Å². The van der Waals surface area contributed by atoms with Gasteiger partial charge >= 0.3 is 67.7 Å². The molecule has 1 rings (SSSR count). The maximum absolute atomic E-state index is 2.27. The van der Waals surface area contributed by atoms with Crippen molar-refractivity contribution in [1.82, 2.24) is 0 Å². The van der Waals surface area contributed by atoms with E-state index in [9.17, 15) is 0 Å². The summed E-state index contributed by atoms with van der Waals surface area (Å²) in [6, 6.07) is 0. The maximum atomic E-state index is 2.27. The molecule has 5 heteroatoms. The fraction of sp³-hybridized carbons (Fsp3) is 0.500. The molecular formula is C8H15Cl4W. The summed E-state index contributed by atoms with van der Waals surface area (Å²) >= 11 is 1.64. The van der Waals surface area contributed by atoms with Gasteiger partial charge in [0, 0.05) is 0 Å². The molecule has 0 amide bonds.